The predicted octanol–water partition coefficient (Wildman–Crippen LogP) is 1.46. The molecule has 0 unspecified atom stereocenters. The van der Waals surface area contributed by atoms with Crippen LogP contribution in [0.4, 0.5) is 4.39 Å². The number of hydrogen-bond donors (Lipinski definition) is 1. The summed E-state index contributed by atoms with van der Waals surface area (Å²) in [6.45, 7) is 1.67. The minimum Gasteiger partial charge on any atom is -0.338 e. The van der Waals surface area contributed by atoms with Crippen LogP contribution in [0.1, 0.15) is 21.8 Å². The Balaban J connectivity index is 2.57. The molecule has 0 atom stereocenters. The Morgan fingerprint density at radius 2 is 2.29 bits per heavy atom. The minimum absolute atomic E-state index is 0.0950. The average Bonchev–Trinajstić information content (AvgIpc) is 2.80. The van der Waals surface area contributed by atoms with E-state index in [9.17, 15) is 9.18 Å². The second kappa shape index (κ2) is 4.42. The van der Waals surface area contributed by atoms with Gasteiger partial charge in [-0.25, -0.2) is 4.39 Å². The molecule has 0 aliphatic carbocycles. The fourth-order valence-electron chi connectivity index (χ4n) is 1.44. The first-order chi connectivity index (χ1) is 8.15. The van der Waals surface area contributed by atoms with Crippen LogP contribution in [0.25, 0.3) is 11.4 Å². The summed E-state index contributed by atoms with van der Waals surface area (Å²) >= 11 is 0. The summed E-state index contributed by atoms with van der Waals surface area (Å²) in [4.78, 5) is 14.9. The van der Waals surface area contributed by atoms with Gasteiger partial charge in [-0.2, -0.15) is 4.98 Å². The third-order valence-electron chi connectivity index (χ3n) is 2.34. The van der Waals surface area contributed by atoms with Crippen LogP contribution in [0.2, 0.25) is 0 Å². The van der Waals surface area contributed by atoms with Gasteiger partial charge in [0.15, 0.2) is 6.29 Å². The van der Waals surface area contributed by atoms with Crippen LogP contribution in [0.3, 0.4) is 0 Å². The molecule has 0 saturated heterocycles. The molecular formula is C11H10FN3O2. The number of carbonyl (C=O) groups excluding carboxylic acids is 1. The van der Waals surface area contributed by atoms with E-state index in [1.807, 2.05) is 0 Å². The molecule has 0 saturated carbocycles. The molecule has 1 aromatic heterocycles. The van der Waals surface area contributed by atoms with Crippen molar-refractivity contribution >= 4 is 6.29 Å². The molecule has 0 amide bonds. The highest BCUT2D eigenvalue weighted by atomic mass is 19.1. The van der Waals surface area contributed by atoms with E-state index in [1.165, 1.54) is 12.1 Å². The lowest BCUT2D eigenvalue weighted by atomic mass is 10.0. The van der Waals surface area contributed by atoms with Gasteiger partial charge in [-0.05, 0) is 24.6 Å². The monoisotopic (exact) mass is 235 g/mol. The van der Waals surface area contributed by atoms with Crippen LogP contribution in [-0.2, 0) is 6.54 Å². The number of nitrogens with zero attached hydrogens (tertiary/aromatic N) is 2. The topological polar surface area (TPSA) is 82.0 Å². The summed E-state index contributed by atoms with van der Waals surface area (Å²) in [5.74, 6) is -0.0334. The van der Waals surface area contributed by atoms with Gasteiger partial charge in [0.25, 0.3) is 0 Å². The van der Waals surface area contributed by atoms with Gasteiger partial charge in [0.1, 0.15) is 5.82 Å². The van der Waals surface area contributed by atoms with Gasteiger partial charge in [-0.1, -0.05) is 5.16 Å². The molecule has 0 bridgehead atoms. The molecule has 2 N–H and O–H groups in total. The van der Waals surface area contributed by atoms with Crippen LogP contribution in [0.5, 0.6) is 0 Å². The van der Waals surface area contributed by atoms with Crippen LogP contribution < -0.4 is 5.73 Å². The molecule has 88 valence electrons. The zero-order valence-corrected chi connectivity index (χ0v) is 9.11. The number of hydrogen-bond acceptors (Lipinski definition) is 5. The molecule has 2 aromatic rings. The van der Waals surface area contributed by atoms with Gasteiger partial charge >= 0.3 is 0 Å². The van der Waals surface area contributed by atoms with Gasteiger partial charge in [0.2, 0.25) is 11.7 Å². The number of aryl methyl sites for hydroxylation is 1. The van der Waals surface area contributed by atoms with Crippen molar-refractivity contribution in [2.75, 3.05) is 0 Å². The van der Waals surface area contributed by atoms with E-state index < -0.39 is 5.82 Å². The molecule has 6 heteroatoms. The highest BCUT2D eigenvalue weighted by Gasteiger charge is 2.14. The van der Waals surface area contributed by atoms with Crippen LogP contribution >= 0.6 is 0 Å². The Bertz CT molecular complexity index is 566. The second-order valence-electron chi connectivity index (χ2n) is 3.52. The molecular weight excluding hydrogens is 225 g/mol. The number of carbonyl (C=O) groups is 1. The quantitative estimate of drug-likeness (QED) is 0.814. The highest BCUT2D eigenvalue weighted by Crippen LogP contribution is 2.23. The third kappa shape index (κ3) is 2.07. The Hall–Kier alpha value is -2.08. The summed E-state index contributed by atoms with van der Waals surface area (Å²) < 4.78 is 18.3. The number of aldehydes is 1. The van der Waals surface area contributed by atoms with Crippen molar-refractivity contribution in [2.24, 2.45) is 5.73 Å². The molecule has 0 radical (unpaired) electrons. The fraction of sp³-hybridized carbons (Fsp3) is 0.182. The zero-order valence-electron chi connectivity index (χ0n) is 9.11. The van der Waals surface area contributed by atoms with Gasteiger partial charge in [-0.3, -0.25) is 4.79 Å². The normalized spacial score (nSPS) is 10.5. The van der Waals surface area contributed by atoms with Crippen molar-refractivity contribution < 1.29 is 13.7 Å². The molecule has 1 aromatic carbocycles. The molecule has 5 nitrogen and oxygen atoms in total. The molecule has 1 heterocycles. The summed E-state index contributed by atoms with van der Waals surface area (Å²) in [5, 5.41) is 3.64. The largest absolute Gasteiger partial charge is 0.338 e. The fourth-order valence-corrected chi connectivity index (χ4v) is 1.44. The van der Waals surface area contributed by atoms with E-state index in [0.717, 1.165) is 0 Å². The number of benzene rings is 1. The number of rotatable bonds is 3. The van der Waals surface area contributed by atoms with Gasteiger partial charge in [-0.15, -0.1) is 0 Å². The lowest BCUT2D eigenvalue weighted by Gasteiger charge is -2.02. The van der Waals surface area contributed by atoms with Crippen molar-refractivity contribution in [1.29, 1.82) is 0 Å². The van der Waals surface area contributed by atoms with Crippen LogP contribution in [0.15, 0.2) is 16.7 Å². The van der Waals surface area contributed by atoms with Crippen molar-refractivity contribution in [3.05, 3.63) is 35.0 Å². The smallest absolute Gasteiger partial charge is 0.240 e. The number of halogens is 1. The zero-order chi connectivity index (χ0) is 12.4. The first-order valence-corrected chi connectivity index (χ1v) is 4.94. The van der Waals surface area contributed by atoms with Crippen LogP contribution in [0, 0.1) is 12.7 Å². The maximum atomic E-state index is 13.4. The lowest BCUT2D eigenvalue weighted by Crippen LogP contribution is -1.97. The highest BCUT2D eigenvalue weighted by molar-refractivity contribution is 5.86. The Labute approximate surface area is 96.4 Å². The third-order valence-corrected chi connectivity index (χ3v) is 2.34. The van der Waals surface area contributed by atoms with Crippen molar-refractivity contribution in [3.63, 3.8) is 0 Å². The van der Waals surface area contributed by atoms with Gasteiger partial charge in [0.05, 0.1) is 6.54 Å². The summed E-state index contributed by atoms with van der Waals surface area (Å²) in [5.41, 5.74) is 6.32. The van der Waals surface area contributed by atoms with Crippen LogP contribution in [-0.4, -0.2) is 16.4 Å². The predicted molar refractivity (Wildman–Crippen MR) is 57.7 cm³/mol. The molecule has 0 aliphatic rings. The molecule has 17 heavy (non-hydrogen) atoms. The first-order valence-electron chi connectivity index (χ1n) is 4.94. The molecule has 0 aliphatic heterocycles. The Kier molecular flexibility index (Phi) is 2.97. The summed E-state index contributed by atoms with van der Waals surface area (Å²) in [6.07, 6.45) is 0.625. The summed E-state index contributed by atoms with van der Waals surface area (Å²) in [7, 11) is 0. The first kappa shape index (κ1) is 11.4. The van der Waals surface area contributed by atoms with E-state index in [0.29, 0.717) is 23.0 Å². The molecule has 0 spiro atoms. The maximum absolute atomic E-state index is 13.4. The lowest BCUT2D eigenvalue weighted by molar-refractivity contribution is 0.112. The standard InChI is InChI=1S/C11H10FN3O2/c1-6-2-7(5-16)8(3-9(6)12)11-14-10(4-13)17-15-11/h2-3,5H,4,13H2,1H3. The van der Waals surface area contributed by atoms with Gasteiger partial charge < -0.3 is 10.3 Å². The van der Waals surface area contributed by atoms with E-state index in [1.54, 1.807) is 6.92 Å². The van der Waals surface area contributed by atoms with E-state index >= 15 is 0 Å². The Morgan fingerprint density at radius 1 is 1.53 bits per heavy atom. The minimum atomic E-state index is -0.426. The molecule has 0 fully saturated rings. The van der Waals surface area contributed by atoms with E-state index in [4.69, 9.17) is 10.3 Å². The van der Waals surface area contributed by atoms with E-state index in [-0.39, 0.29) is 18.3 Å². The van der Waals surface area contributed by atoms with Gasteiger partial charge in [0, 0.05) is 11.1 Å². The number of nitrogens with two attached hydrogens (primary N) is 1. The van der Waals surface area contributed by atoms with E-state index in [2.05, 4.69) is 10.1 Å². The number of aromatic nitrogens is 2. The maximum Gasteiger partial charge on any atom is 0.240 e. The average molecular weight is 235 g/mol. The molecule has 2 rings (SSSR count). The van der Waals surface area contributed by atoms with Crippen molar-refractivity contribution in [2.45, 2.75) is 13.5 Å². The SMILES string of the molecule is Cc1cc(C=O)c(-c2noc(CN)n2)cc1F. The second-order valence-corrected chi connectivity index (χ2v) is 3.52. The van der Waals surface area contributed by atoms with Crippen molar-refractivity contribution in [1.82, 2.24) is 10.1 Å². The van der Waals surface area contributed by atoms with Crippen molar-refractivity contribution in [3.8, 4) is 11.4 Å². The Morgan fingerprint density at radius 3 is 2.88 bits per heavy atom. The summed E-state index contributed by atoms with van der Waals surface area (Å²) in [6, 6.07) is 2.65.